The van der Waals surface area contributed by atoms with Crippen molar-refractivity contribution in [3.63, 3.8) is 0 Å². The number of nitrogens with one attached hydrogen (secondary N) is 1. The fraction of sp³-hybridized carbons (Fsp3) is 0.400. The molecule has 0 unspecified atom stereocenters. The van der Waals surface area contributed by atoms with Crippen LogP contribution in [0, 0.1) is 0 Å². The third-order valence-electron chi connectivity index (χ3n) is 0.596. The van der Waals surface area contributed by atoms with E-state index >= 15 is 0 Å². The molecular formula is C5H12N2O2. The molecule has 1 amide bonds. The Morgan fingerprint density at radius 2 is 2.33 bits per heavy atom. The van der Waals surface area contributed by atoms with E-state index in [4.69, 9.17) is 5.11 Å². The molecule has 0 aromatic carbocycles. The van der Waals surface area contributed by atoms with Crippen molar-refractivity contribution in [3.8, 4) is 0 Å². The van der Waals surface area contributed by atoms with Gasteiger partial charge >= 0.3 is 0 Å². The molecule has 4 nitrogen and oxygen atoms in total. The highest BCUT2D eigenvalue weighted by molar-refractivity contribution is 5.86. The predicted molar refractivity (Wildman–Crippen MR) is 35.3 cm³/mol. The van der Waals surface area contributed by atoms with E-state index < -0.39 is 0 Å². The highest BCUT2D eigenvalue weighted by Gasteiger charge is 1.87. The van der Waals surface area contributed by atoms with Gasteiger partial charge in [-0.2, -0.15) is 0 Å². The van der Waals surface area contributed by atoms with E-state index in [0.717, 1.165) is 6.08 Å². The number of carbonyl (C=O) groups is 1. The molecule has 0 aliphatic carbocycles. The zero-order valence-corrected chi connectivity index (χ0v) is 5.26. The van der Waals surface area contributed by atoms with Gasteiger partial charge < -0.3 is 16.6 Å². The van der Waals surface area contributed by atoms with E-state index in [9.17, 15) is 4.79 Å². The van der Waals surface area contributed by atoms with E-state index in [1.807, 2.05) is 0 Å². The molecule has 0 atom stereocenters. The van der Waals surface area contributed by atoms with Gasteiger partial charge in [0.2, 0.25) is 5.91 Å². The van der Waals surface area contributed by atoms with Crippen molar-refractivity contribution in [1.29, 1.82) is 0 Å². The van der Waals surface area contributed by atoms with Crippen LogP contribution in [0.1, 0.15) is 0 Å². The van der Waals surface area contributed by atoms with Crippen LogP contribution in [0.25, 0.3) is 0 Å². The lowest BCUT2D eigenvalue weighted by Crippen LogP contribution is -2.23. The first kappa shape index (κ1) is 11.0. The summed E-state index contributed by atoms with van der Waals surface area (Å²) < 4.78 is 0. The minimum atomic E-state index is -0.251. The summed E-state index contributed by atoms with van der Waals surface area (Å²) in [7, 11) is 0. The molecule has 0 spiro atoms. The summed E-state index contributed by atoms with van der Waals surface area (Å²) in [6.07, 6.45) is 1.16. The van der Waals surface area contributed by atoms with Crippen LogP contribution in [-0.4, -0.2) is 24.2 Å². The number of amides is 1. The lowest BCUT2D eigenvalue weighted by Gasteiger charge is -1.94. The van der Waals surface area contributed by atoms with E-state index in [1.54, 1.807) is 0 Å². The number of rotatable bonds is 3. The lowest BCUT2D eigenvalue weighted by molar-refractivity contribution is -0.116. The molecule has 0 saturated heterocycles. The molecule has 54 valence electrons. The topological polar surface area (TPSA) is 84.3 Å². The number of aliphatic hydroxyl groups excluding tert-OH is 1. The van der Waals surface area contributed by atoms with Crippen molar-refractivity contribution >= 4 is 5.91 Å². The summed E-state index contributed by atoms with van der Waals surface area (Å²) in [5, 5.41) is 10.5. The second-order valence-electron chi connectivity index (χ2n) is 1.22. The van der Waals surface area contributed by atoms with Gasteiger partial charge in [0.1, 0.15) is 0 Å². The Morgan fingerprint density at radius 1 is 1.78 bits per heavy atom. The van der Waals surface area contributed by atoms with E-state index in [0.29, 0.717) is 6.54 Å². The van der Waals surface area contributed by atoms with Crippen LogP contribution in [0.5, 0.6) is 0 Å². The highest BCUT2D eigenvalue weighted by Crippen LogP contribution is 1.62. The maximum absolute atomic E-state index is 10.2. The van der Waals surface area contributed by atoms with Crippen LogP contribution in [0.2, 0.25) is 0 Å². The summed E-state index contributed by atoms with van der Waals surface area (Å²) in [5.74, 6) is -0.251. The second kappa shape index (κ2) is 7.13. The molecule has 0 aliphatic heterocycles. The molecule has 0 aromatic heterocycles. The van der Waals surface area contributed by atoms with Crippen LogP contribution in [0.4, 0.5) is 0 Å². The molecule has 9 heavy (non-hydrogen) atoms. The first-order valence-corrected chi connectivity index (χ1v) is 2.32. The van der Waals surface area contributed by atoms with Gasteiger partial charge in [0.25, 0.3) is 0 Å². The van der Waals surface area contributed by atoms with Crippen molar-refractivity contribution in [2.75, 3.05) is 13.2 Å². The summed E-state index contributed by atoms with van der Waals surface area (Å²) in [6, 6.07) is 0. The molecule has 0 bridgehead atoms. The fourth-order valence-electron chi connectivity index (χ4n) is 0.251. The number of hydrogen-bond acceptors (Lipinski definition) is 3. The van der Waals surface area contributed by atoms with Crippen molar-refractivity contribution < 1.29 is 9.90 Å². The van der Waals surface area contributed by atoms with Gasteiger partial charge in [0, 0.05) is 6.54 Å². The average molecular weight is 132 g/mol. The van der Waals surface area contributed by atoms with Crippen molar-refractivity contribution in [2.45, 2.75) is 0 Å². The standard InChI is InChI=1S/C5H9NO2.H3N/c1-2-5(8)6-3-4-7;/h2,7H,1,3-4H2,(H,6,8);1H3. The lowest BCUT2D eigenvalue weighted by atomic mass is 10.5. The minimum absolute atomic E-state index is 0. The SMILES string of the molecule is C=CC(=O)NCCO.N. The Hall–Kier alpha value is -0.870. The molecule has 0 saturated carbocycles. The molecule has 0 aliphatic rings. The van der Waals surface area contributed by atoms with E-state index in [-0.39, 0.29) is 18.7 Å². The zero-order chi connectivity index (χ0) is 6.41. The number of carbonyl (C=O) groups excluding carboxylic acids is 1. The summed E-state index contributed by atoms with van der Waals surface area (Å²) in [6.45, 7) is 3.49. The molecule has 0 radical (unpaired) electrons. The number of hydrogen-bond donors (Lipinski definition) is 3. The Bertz CT molecular complexity index is 93.0. The first-order valence-electron chi connectivity index (χ1n) is 2.32. The van der Waals surface area contributed by atoms with Gasteiger partial charge in [-0.25, -0.2) is 0 Å². The smallest absolute Gasteiger partial charge is 0.243 e. The third kappa shape index (κ3) is 7.13. The molecule has 4 heteroatoms. The molecule has 5 N–H and O–H groups in total. The third-order valence-corrected chi connectivity index (χ3v) is 0.596. The predicted octanol–water partition coefficient (Wildman–Crippen LogP) is -0.557. The first-order chi connectivity index (χ1) is 3.81. The van der Waals surface area contributed by atoms with Crippen molar-refractivity contribution in [3.05, 3.63) is 12.7 Å². The summed E-state index contributed by atoms with van der Waals surface area (Å²) >= 11 is 0. The van der Waals surface area contributed by atoms with Gasteiger partial charge in [-0.1, -0.05) is 6.58 Å². The summed E-state index contributed by atoms with van der Waals surface area (Å²) in [4.78, 5) is 10.2. The van der Waals surface area contributed by atoms with Crippen LogP contribution in [-0.2, 0) is 4.79 Å². The van der Waals surface area contributed by atoms with E-state index in [2.05, 4.69) is 11.9 Å². The molecule has 0 aromatic rings. The van der Waals surface area contributed by atoms with Crippen LogP contribution < -0.4 is 11.5 Å². The van der Waals surface area contributed by atoms with E-state index in [1.165, 1.54) is 0 Å². The normalized spacial score (nSPS) is 7.22. The van der Waals surface area contributed by atoms with Crippen LogP contribution in [0.15, 0.2) is 12.7 Å². The van der Waals surface area contributed by atoms with Gasteiger partial charge in [-0.05, 0) is 6.08 Å². The molecule has 0 fully saturated rings. The average Bonchev–Trinajstić information content (AvgIpc) is 1.83. The second-order valence-corrected chi connectivity index (χ2v) is 1.22. The monoisotopic (exact) mass is 132 g/mol. The quantitative estimate of drug-likeness (QED) is 0.450. The maximum atomic E-state index is 10.2. The highest BCUT2D eigenvalue weighted by atomic mass is 16.3. The Kier molecular flexibility index (Phi) is 8.71. The van der Waals surface area contributed by atoms with Gasteiger partial charge in [-0.15, -0.1) is 0 Å². The van der Waals surface area contributed by atoms with Gasteiger partial charge in [0.15, 0.2) is 0 Å². The number of aliphatic hydroxyl groups is 1. The maximum Gasteiger partial charge on any atom is 0.243 e. The van der Waals surface area contributed by atoms with Crippen LogP contribution in [0.3, 0.4) is 0 Å². The Labute approximate surface area is 54.2 Å². The largest absolute Gasteiger partial charge is 0.395 e. The Balaban J connectivity index is 0. The van der Waals surface area contributed by atoms with Gasteiger partial charge in [0.05, 0.1) is 6.61 Å². The van der Waals surface area contributed by atoms with Crippen molar-refractivity contribution in [2.24, 2.45) is 0 Å². The molecular weight excluding hydrogens is 120 g/mol. The molecule has 0 rings (SSSR count). The molecule has 0 heterocycles. The van der Waals surface area contributed by atoms with Gasteiger partial charge in [-0.3, -0.25) is 4.79 Å². The summed E-state index contributed by atoms with van der Waals surface area (Å²) in [5.41, 5.74) is 0. The fourth-order valence-corrected chi connectivity index (χ4v) is 0.251. The van der Waals surface area contributed by atoms with Crippen LogP contribution >= 0.6 is 0 Å². The zero-order valence-electron chi connectivity index (χ0n) is 5.26. The minimum Gasteiger partial charge on any atom is -0.395 e. The van der Waals surface area contributed by atoms with Crippen molar-refractivity contribution in [1.82, 2.24) is 11.5 Å². The Morgan fingerprint density at radius 3 is 2.67 bits per heavy atom.